The van der Waals surface area contributed by atoms with Crippen LogP contribution in [0.5, 0.6) is 0 Å². The molecule has 0 aliphatic carbocycles. The molecule has 1 fully saturated rings. The van der Waals surface area contributed by atoms with Gasteiger partial charge in [-0.2, -0.15) is 0 Å². The number of hydrogen-bond acceptors (Lipinski definition) is 2. The van der Waals surface area contributed by atoms with Crippen molar-refractivity contribution in [3.05, 3.63) is 35.9 Å². The van der Waals surface area contributed by atoms with Crippen molar-refractivity contribution in [2.24, 2.45) is 5.73 Å². The fourth-order valence-corrected chi connectivity index (χ4v) is 2.33. The molecule has 1 aromatic rings. The maximum Gasteiger partial charge on any atom is 0.0320 e. The summed E-state index contributed by atoms with van der Waals surface area (Å²) in [5.41, 5.74) is 7.39. The summed E-state index contributed by atoms with van der Waals surface area (Å²) in [5.74, 6) is 0. The molecule has 2 heteroatoms. The summed E-state index contributed by atoms with van der Waals surface area (Å²) in [6.07, 6.45) is 2.41. The van der Waals surface area contributed by atoms with E-state index in [4.69, 9.17) is 5.73 Å². The zero-order chi connectivity index (χ0) is 10.7. The molecule has 1 saturated heterocycles. The van der Waals surface area contributed by atoms with Gasteiger partial charge in [0.2, 0.25) is 0 Å². The van der Waals surface area contributed by atoms with Gasteiger partial charge in [0.25, 0.3) is 0 Å². The number of benzene rings is 1. The standard InChI is InChI=1S/C13H20N2/c1-11(12-6-3-2-4-7-12)15-9-5-8-13(14)10-15/h2-4,6-7,11,13H,5,8-10,14H2,1H3/t11-,13+/m0/s1. The van der Waals surface area contributed by atoms with Crippen molar-refractivity contribution in [1.82, 2.24) is 4.90 Å². The van der Waals surface area contributed by atoms with Crippen LogP contribution in [0.2, 0.25) is 0 Å². The minimum absolute atomic E-state index is 0.366. The summed E-state index contributed by atoms with van der Waals surface area (Å²) in [7, 11) is 0. The third kappa shape index (κ3) is 2.58. The van der Waals surface area contributed by atoms with Crippen LogP contribution in [0.25, 0.3) is 0 Å². The fourth-order valence-electron chi connectivity index (χ4n) is 2.33. The van der Waals surface area contributed by atoms with E-state index in [1.54, 1.807) is 0 Å². The summed E-state index contributed by atoms with van der Waals surface area (Å²) in [4.78, 5) is 2.49. The van der Waals surface area contributed by atoms with Crippen LogP contribution >= 0.6 is 0 Å². The summed E-state index contributed by atoms with van der Waals surface area (Å²) < 4.78 is 0. The Morgan fingerprint density at radius 2 is 2.07 bits per heavy atom. The zero-order valence-electron chi connectivity index (χ0n) is 9.39. The quantitative estimate of drug-likeness (QED) is 0.800. The van der Waals surface area contributed by atoms with Gasteiger partial charge in [0, 0.05) is 18.6 Å². The molecule has 2 rings (SSSR count). The Morgan fingerprint density at radius 3 is 2.73 bits per heavy atom. The number of likely N-dealkylation sites (tertiary alicyclic amines) is 1. The highest BCUT2D eigenvalue weighted by Gasteiger charge is 2.21. The van der Waals surface area contributed by atoms with Crippen molar-refractivity contribution in [1.29, 1.82) is 0 Å². The van der Waals surface area contributed by atoms with Crippen molar-refractivity contribution in [2.75, 3.05) is 13.1 Å². The molecule has 2 nitrogen and oxygen atoms in total. The first-order valence-electron chi connectivity index (χ1n) is 5.82. The van der Waals surface area contributed by atoms with Crippen LogP contribution in [-0.2, 0) is 0 Å². The van der Waals surface area contributed by atoms with Crippen LogP contribution < -0.4 is 5.73 Å². The average molecular weight is 204 g/mol. The minimum atomic E-state index is 0.366. The van der Waals surface area contributed by atoms with Crippen molar-refractivity contribution in [2.45, 2.75) is 31.8 Å². The Kier molecular flexibility index (Phi) is 3.39. The van der Waals surface area contributed by atoms with E-state index >= 15 is 0 Å². The molecule has 0 amide bonds. The van der Waals surface area contributed by atoms with Gasteiger partial charge < -0.3 is 5.73 Å². The SMILES string of the molecule is C[C@@H](c1ccccc1)N1CCC[C@@H](N)C1. The zero-order valence-corrected chi connectivity index (χ0v) is 9.39. The largest absolute Gasteiger partial charge is 0.327 e. The molecule has 2 N–H and O–H groups in total. The number of nitrogens with zero attached hydrogens (tertiary/aromatic N) is 1. The molecular formula is C13H20N2. The first-order valence-corrected chi connectivity index (χ1v) is 5.82. The van der Waals surface area contributed by atoms with Gasteiger partial charge in [0.1, 0.15) is 0 Å². The van der Waals surface area contributed by atoms with Crippen molar-refractivity contribution in [3.63, 3.8) is 0 Å². The lowest BCUT2D eigenvalue weighted by Crippen LogP contribution is -2.43. The second-order valence-corrected chi connectivity index (χ2v) is 4.48. The molecule has 0 bridgehead atoms. The summed E-state index contributed by atoms with van der Waals surface area (Å²) >= 11 is 0. The summed E-state index contributed by atoms with van der Waals surface area (Å²) in [5, 5.41) is 0. The van der Waals surface area contributed by atoms with Gasteiger partial charge in [-0.1, -0.05) is 30.3 Å². The summed E-state index contributed by atoms with van der Waals surface area (Å²) in [6.45, 7) is 4.49. The van der Waals surface area contributed by atoms with Crippen molar-refractivity contribution < 1.29 is 0 Å². The van der Waals surface area contributed by atoms with Crippen LogP contribution in [0.1, 0.15) is 31.4 Å². The molecule has 1 aromatic carbocycles. The Morgan fingerprint density at radius 1 is 1.33 bits per heavy atom. The summed E-state index contributed by atoms with van der Waals surface area (Å²) in [6, 6.07) is 11.5. The fraction of sp³-hybridized carbons (Fsp3) is 0.538. The van der Waals surface area contributed by atoms with Gasteiger partial charge in [-0.3, -0.25) is 4.90 Å². The second-order valence-electron chi connectivity index (χ2n) is 4.48. The van der Waals surface area contributed by atoms with Crippen LogP contribution in [0.3, 0.4) is 0 Å². The second kappa shape index (κ2) is 4.77. The third-order valence-electron chi connectivity index (χ3n) is 3.32. The average Bonchev–Trinajstić information content (AvgIpc) is 2.29. The van der Waals surface area contributed by atoms with Gasteiger partial charge in [-0.05, 0) is 31.9 Å². The molecule has 15 heavy (non-hydrogen) atoms. The highest BCUT2D eigenvalue weighted by Crippen LogP contribution is 2.23. The van der Waals surface area contributed by atoms with Crippen molar-refractivity contribution >= 4 is 0 Å². The van der Waals surface area contributed by atoms with E-state index in [-0.39, 0.29) is 0 Å². The normalized spacial score (nSPS) is 25.1. The molecule has 0 saturated carbocycles. The van der Waals surface area contributed by atoms with Gasteiger partial charge in [-0.15, -0.1) is 0 Å². The van der Waals surface area contributed by atoms with Gasteiger partial charge in [-0.25, -0.2) is 0 Å². The van der Waals surface area contributed by atoms with Gasteiger partial charge in [0.15, 0.2) is 0 Å². The number of piperidine rings is 1. The van der Waals surface area contributed by atoms with E-state index < -0.39 is 0 Å². The smallest absolute Gasteiger partial charge is 0.0320 e. The molecule has 0 unspecified atom stereocenters. The number of nitrogens with two attached hydrogens (primary N) is 1. The first-order chi connectivity index (χ1) is 7.27. The van der Waals surface area contributed by atoms with Gasteiger partial charge >= 0.3 is 0 Å². The van der Waals surface area contributed by atoms with E-state index in [1.165, 1.54) is 24.9 Å². The van der Waals surface area contributed by atoms with Crippen LogP contribution in [0, 0.1) is 0 Å². The Balaban J connectivity index is 2.04. The molecule has 1 aliphatic heterocycles. The Hall–Kier alpha value is -0.860. The van der Waals surface area contributed by atoms with Gasteiger partial charge in [0.05, 0.1) is 0 Å². The van der Waals surface area contributed by atoms with Crippen LogP contribution in [0.15, 0.2) is 30.3 Å². The van der Waals surface area contributed by atoms with Crippen LogP contribution in [0.4, 0.5) is 0 Å². The lowest BCUT2D eigenvalue weighted by atomic mass is 10.0. The predicted octanol–water partition coefficient (Wildman–Crippen LogP) is 2.17. The lowest BCUT2D eigenvalue weighted by Gasteiger charge is -2.35. The van der Waals surface area contributed by atoms with Crippen LogP contribution in [-0.4, -0.2) is 24.0 Å². The lowest BCUT2D eigenvalue weighted by molar-refractivity contribution is 0.159. The molecule has 0 radical (unpaired) electrons. The highest BCUT2D eigenvalue weighted by molar-refractivity contribution is 5.18. The van der Waals surface area contributed by atoms with E-state index in [0.717, 1.165) is 6.54 Å². The van der Waals surface area contributed by atoms with E-state index in [1.807, 2.05) is 0 Å². The number of hydrogen-bond donors (Lipinski definition) is 1. The molecular weight excluding hydrogens is 184 g/mol. The first kappa shape index (κ1) is 10.7. The highest BCUT2D eigenvalue weighted by atomic mass is 15.2. The maximum atomic E-state index is 6.00. The van der Waals surface area contributed by atoms with Crippen molar-refractivity contribution in [3.8, 4) is 0 Å². The topological polar surface area (TPSA) is 29.3 Å². The van der Waals surface area contributed by atoms with E-state index in [2.05, 4.69) is 42.2 Å². The minimum Gasteiger partial charge on any atom is -0.327 e. The molecule has 82 valence electrons. The number of rotatable bonds is 2. The third-order valence-corrected chi connectivity index (χ3v) is 3.32. The Labute approximate surface area is 92.1 Å². The molecule has 0 spiro atoms. The molecule has 1 heterocycles. The monoisotopic (exact) mass is 204 g/mol. The maximum absolute atomic E-state index is 6.00. The van der Waals surface area contributed by atoms with E-state index in [9.17, 15) is 0 Å². The molecule has 1 aliphatic rings. The molecule has 0 aromatic heterocycles. The van der Waals surface area contributed by atoms with E-state index in [0.29, 0.717) is 12.1 Å². The Bertz CT molecular complexity index is 297. The predicted molar refractivity (Wildman–Crippen MR) is 63.6 cm³/mol. The molecule has 2 atom stereocenters.